The van der Waals surface area contributed by atoms with Crippen molar-refractivity contribution in [1.82, 2.24) is 10.6 Å². The Hall–Kier alpha value is -1.59. The Morgan fingerprint density at radius 1 is 1.22 bits per heavy atom. The molecule has 1 aliphatic rings. The summed E-state index contributed by atoms with van der Waals surface area (Å²) in [5.74, 6) is 1.66. The van der Waals surface area contributed by atoms with Gasteiger partial charge in [0.15, 0.2) is 5.96 Å². The molecule has 1 aromatic rings. The van der Waals surface area contributed by atoms with Crippen LogP contribution in [0.15, 0.2) is 29.3 Å². The van der Waals surface area contributed by atoms with Crippen LogP contribution in [0.1, 0.15) is 30.4 Å². The smallest absolute Gasteiger partial charge is 0.191 e. The molecular formula is C18H29N3O2. The molecule has 0 spiro atoms. The highest BCUT2D eigenvalue weighted by atomic mass is 16.5. The minimum absolute atomic E-state index is 0.627. The van der Waals surface area contributed by atoms with Gasteiger partial charge in [0.1, 0.15) is 0 Å². The quantitative estimate of drug-likeness (QED) is 0.395. The molecule has 1 aliphatic carbocycles. The molecule has 0 amide bonds. The Kier molecular flexibility index (Phi) is 7.90. The number of hydrogen-bond acceptors (Lipinski definition) is 3. The van der Waals surface area contributed by atoms with Gasteiger partial charge in [-0.25, -0.2) is 0 Å². The van der Waals surface area contributed by atoms with E-state index in [4.69, 9.17) is 9.47 Å². The van der Waals surface area contributed by atoms with Crippen molar-refractivity contribution in [3.8, 4) is 0 Å². The average Bonchev–Trinajstić information content (AvgIpc) is 3.39. The first-order valence-electron chi connectivity index (χ1n) is 8.41. The van der Waals surface area contributed by atoms with Crippen LogP contribution in [0.25, 0.3) is 0 Å². The molecule has 23 heavy (non-hydrogen) atoms. The summed E-state index contributed by atoms with van der Waals surface area (Å²) in [6.45, 7) is 3.98. The zero-order valence-electron chi connectivity index (χ0n) is 14.3. The van der Waals surface area contributed by atoms with Crippen LogP contribution in [-0.2, 0) is 22.6 Å². The van der Waals surface area contributed by atoms with E-state index in [0.29, 0.717) is 6.61 Å². The van der Waals surface area contributed by atoms with Gasteiger partial charge in [0, 0.05) is 40.5 Å². The summed E-state index contributed by atoms with van der Waals surface area (Å²) in [7, 11) is 3.51. The number of aliphatic imine (C=N–C) groups is 1. The van der Waals surface area contributed by atoms with Crippen LogP contribution in [0.4, 0.5) is 0 Å². The molecule has 0 atom stereocenters. The minimum atomic E-state index is 0.627. The maximum absolute atomic E-state index is 5.63. The monoisotopic (exact) mass is 319 g/mol. The van der Waals surface area contributed by atoms with Crippen LogP contribution in [0.5, 0.6) is 0 Å². The Morgan fingerprint density at radius 2 is 2.00 bits per heavy atom. The SMILES string of the molecule is CN=C(NCCCOCC1CC1)NCc1ccccc1COC. The number of nitrogens with zero attached hydrogens (tertiary/aromatic N) is 1. The topological polar surface area (TPSA) is 54.9 Å². The molecule has 0 aliphatic heterocycles. The molecule has 5 heteroatoms. The number of benzene rings is 1. The molecule has 1 saturated carbocycles. The molecule has 0 saturated heterocycles. The van der Waals surface area contributed by atoms with E-state index in [-0.39, 0.29) is 0 Å². The summed E-state index contributed by atoms with van der Waals surface area (Å²) in [5, 5.41) is 6.67. The fraction of sp³-hybridized carbons (Fsp3) is 0.611. The lowest BCUT2D eigenvalue weighted by Gasteiger charge is -2.14. The second-order valence-corrected chi connectivity index (χ2v) is 5.93. The number of methoxy groups -OCH3 is 1. The summed E-state index contributed by atoms with van der Waals surface area (Å²) in [4.78, 5) is 4.26. The lowest BCUT2D eigenvalue weighted by Crippen LogP contribution is -2.37. The number of guanidine groups is 1. The average molecular weight is 319 g/mol. The Labute approximate surface area is 139 Å². The van der Waals surface area contributed by atoms with Crippen molar-refractivity contribution in [2.24, 2.45) is 10.9 Å². The van der Waals surface area contributed by atoms with Crippen LogP contribution in [0.2, 0.25) is 0 Å². The molecule has 0 radical (unpaired) electrons. The third kappa shape index (κ3) is 7.01. The first-order chi connectivity index (χ1) is 11.3. The van der Waals surface area contributed by atoms with Gasteiger partial charge in [-0.2, -0.15) is 0 Å². The highest BCUT2D eigenvalue weighted by Crippen LogP contribution is 2.28. The fourth-order valence-corrected chi connectivity index (χ4v) is 2.34. The van der Waals surface area contributed by atoms with E-state index in [0.717, 1.165) is 44.6 Å². The predicted octanol–water partition coefficient (Wildman–Crippen LogP) is 2.31. The van der Waals surface area contributed by atoms with Crippen molar-refractivity contribution >= 4 is 5.96 Å². The van der Waals surface area contributed by atoms with E-state index in [1.54, 1.807) is 14.2 Å². The Bertz CT molecular complexity index is 487. The highest BCUT2D eigenvalue weighted by molar-refractivity contribution is 5.79. The molecule has 1 aromatic carbocycles. The van der Waals surface area contributed by atoms with Crippen LogP contribution in [-0.4, -0.2) is 39.9 Å². The number of nitrogens with one attached hydrogen (secondary N) is 2. The Balaban J connectivity index is 1.64. The minimum Gasteiger partial charge on any atom is -0.381 e. The van der Waals surface area contributed by atoms with Gasteiger partial charge in [0.05, 0.1) is 6.61 Å². The molecule has 0 unspecified atom stereocenters. The summed E-state index contributed by atoms with van der Waals surface area (Å²) >= 11 is 0. The van der Waals surface area contributed by atoms with Crippen LogP contribution in [0.3, 0.4) is 0 Å². The van der Waals surface area contributed by atoms with Crippen molar-refractivity contribution < 1.29 is 9.47 Å². The van der Waals surface area contributed by atoms with Gasteiger partial charge in [0.25, 0.3) is 0 Å². The molecule has 0 bridgehead atoms. The van der Waals surface area contributed by atoms with Crippen molar-refractivity contribution in [3.63, 3.8) is 0 Å². The van der Waals surface area contributed by atoms with Crippen molar-refractivity contribution in [3.05, 3.63) is 35.4 Å². The first kappa shape index (κ1) is 17.8. The second-order valence-electron chi connectivity index (χ2n) is 5.93. The standard InChI is InChI=1S/C18H29N3O2/c1-19-18(20-10-5-11-23-13-15-8-9-15)21-12-16-6-3-4-7-17(16)14-22-2/h3-4,6-7,15H,5,8-14H2,1-2H3,(H2,19,20,21). The van der Waals surface area contributed by atoms with Gasteiger partial charge in [0.2, 0.25) is 0 Å². The lowest BCUT2D eigenvalue weighted by molar-refractivity contribution is 0.123. The summed E-state index contributed by atoms with van der Waals surface area (Å²) < 4.78 is 10.9. The van der Waals surface area contributed by atoms with E-state index in [2.05, 4.69) is 27.8 Å². The third-order valence-electron chi connectivity index (χ3n) is 3.90. The maximum atomic E-state index is 5.63. The summed E-state index contributed by atoms with van der Waals surface area (Å²) in [5.41, 5.74) is 2.43. The van der Waals surface area contributed by atoms with E-state index in [1.807, 2.05) is 12.1 Å². The van der Waals surface area contributed by atoms with Crippen molar-refractivity contribution in [1.29, 1.82) is 0 Å². The molecular weight excluding hydrogens is 290 g/mol. The van der Waals surface area contributed by atoms with E-state index in [9.17, 15) is 0 Å². The predicted molar refractivity (Wildman–Crippen MR) is 93.5 cm³/mol. The Morgan fingerprint density at radius 3 is 2.70 bits per heavy atom. The molecule has 0 aromatic heterocycles. The fourth-order valence-electron chi connectivity index (χ4n) is 2.34. The van der Waals surface area contributed by atoms with Gasteiger partial charge in [-0.1, -0.05) is 24.3 Å². The number of ether oxygens (including phenoxy) is 2. The number of rotatable bonds is 10. The summed E-state index contributed by atoms with van der Waals surface area (Å²) in [6, 6.07) is 8.28. The third-order valence-corrected chi connectivity index (χ3v) is 3.90. The lowest BCUT2D eigenvalue weighted by atomic mass is 10.1. The highest BCUT2D eigenvalue weighted by Gasteiger charge is 2.20. The van der Waals surface area contributed by atoms with Crippen LogP contribution >= 0.6 is 0 Å². The van der Waals surface area contributed by atoms with Crippen molar-refractivity contribution in [2.75, 3.05) is 33.9 Å². The molecule has 128 valence electrons. The van der Waals surface area contributed by atoms with Crippen LogP contribution < -0.4 is 10.6 Å². The van der Waals surface area contributed by atoms with Crippen molar-refractivity contribution in [2.45, 2.75) is 32.4 Å². The van der Waals surface area contributed by atoms with Gasteiger partial charge in [-0.15, -0.1) is 0 Å². The van der Waals surface area contributed by atoms with E-state index in [1.165, 1.54) is 24.0 Å². The van der Waals surface area contributed by atoms with E-state index < -0.39 is 0 Å². The van der Waals surface area contributed by atoms with Gasteiger partial charge in [-0.3, -0.25) is 4.99 Å². The largest absolute Gasteiger partial charge is 0.381 e. The first-order valence-corrected chi connectivity index (χ1v) is 8.41. The van der Waals surface area contributed by atoms with Gasteiger partial charge in [-0.05, 0) is 36.3 Å². The summed E-state index contributed by atoms with van der Waals surface area (Å²) in [6.07, 6.45) is 3.69. The van der Waals surface area contributed by atoms with Gasteiger partial charge < -0.3 is 20.1 Å². The normalized spacial score (nSPS) is 14.8. The number of hydrogen-bond donors (Lipinski definition) is 2. The molecule has 2 N–H and O–H groups in total. The van der Waals surface area contributed by atoms with Gasteiger partial charge >= 0.3 is 0 Å². The zero-order valence-corrected chi connectivity index (χ0v) is 14.3. The van der Waals surface area contributed by atoms with E-state index >= 15 is 0 Å². The molecule has 5 nitrogen and oxygen atoms in total. The zero-order chi connectivity index (χ0) is 16.3. The molecule has 2 rings (SSSR count). The molecule has 1 fully saturated rings. The van der Waals surface area contributed by atoms with Crippen LogP contribution in [0, 0.1) is 5.92 Å². The molecule has 0 heterocycles. The maximum Gasteiger partial charge on any atom is 0.191 e. The second kappa shape index (κ2) is 10.2.